The number of carbonyl (C=O) groups excluding carboxylic acids is 3. The first-order chi connectivity index (χ1) is 12.8. The Bertz CT molecular complexity index is 582. The highest BCUT2D eigenvalue weighted by Crippen LogP contribution is 2.17. The molecule has 0 radical (unpaired) electrons. The smallest absolute Gasteiger partial charge is 0.325 e. The van der Waals surface area contributed by atoms with E-state index in [1.165, 1.54) is 0 Å². The SMILES string of the molecule is CC1(C)NC(=O)N(C[C@@H](O)CN2CCN(CC(=O)N3CCCC3)CC2)C1=O. The van der Waals surface area contributed by atoms with Crippen LogP contribution >= 0.6 is 0 Å². The summed E-state index contributed by atoms with van der Waals surface area (Å²) < 4.78 is 0. The number of β-amino-alcohol motifs (C(OH)–C–C–N with tert-alkyl or cyclic N) is 1. The number of urea groups is 1. The lowest BCUT2D eigenvalue weighted by molar-refractivity contribution is -0.132. The number of imide groups is 1. The first-order valence-corrected chi connectivity index (χ1v) is 9.81. The molecule has 3 fully saturated rings. The number of nitrogens with one attached hydrogen (secondary N) is 1. The van der Waals surface area contributed by atoms with E-state index in [1.54, 1.807) is 13.8 Å². The average Bonchev–Trinajstić information content (AvgIpc) is 3.20. The molecule has 0 bridgehead atoms. The largest absolute Gasteiger partial charge is 0.390 e. The zero-order valence-electron chi connectivity index (χ0n) is 16.3. The molecule has 1 atom stereocenters. The van der Waals surface area contributed by atoms with E-state index in [0.29, 0.717) is 13.1 Å². The van der Waals surface area contributed by atoms with Gasteiger partial charge in [0.25, 0.3) is 5.91 Å². The second-order valence-electron chi connectivity index (χ2n) is 8.29. The predicted molar refractivity (Wildman–Crippen MR) is 99.0 cm³/mol. The monoisotopic (exact) mass is 381 g/mol. The number of amides is 4. The number of rotatable bonds is 6. The van der Waals surface area contributed by atoms with Crippen LogP contribution in [-0.2, 0) is 9.59 Å². The Morgan fingerprint density at radius 2 is 1.63 bits per heavy atom. The fourth-order valence-corrected chi connectivity index (χ4v) is 3.94. The minimum Gasteiger partial charge on any atom is -0.390 e. The molecule has 3 aliphatic rings. The van der Waals surface area contributed by atoms with Crippen molar-refractivity contribution in [1.82, 2.24) is 24.9 Å². The molecule has 3 aliphatic heterocycles. The molecule has 0 aliphatic carbocycles. The molecule has 0 aromatic rings. The van der Waals surface area contributed by atoms with Gasteiger partial charge in [-0.3, -0.25) is 24.3 Å². The lowest BCUT2D eigenvalue weighted by Gasteiger charge is -2.36. The highest BCUT2D eigenvalue weighted by Gasteiger charge is 2.44. The van der Waals surface area contributed by atoms with Crippen LogP contribution in [0.3, 0.4) is 0 Å². The van der Waals surface area contributed by atoms with Crippen molar-refractivity contribution in [3.05, 3.63) is 0 Å². The molecule has 4 amide bonds. The summed E-state index contributed by atoms with van der Waals surface area (Å²) in [6, 6.07) is -0.450. The van der Waals surface area contributed by atoms with E-state index >= 15 is 0 Å². The van der Waals surface area contributed by atoms with E-state index in [0.717, 1.165) is 57.0 Å². The number of aliphatic hydroxyl groups is 1. The molecule has 152 valence electrons. The van der Waals surface area contributed by atoms with Gasteiger partial charge in [0.1, 0.15) is 5.54 Å². The molecule has 27 heavy (non-hydrogen) atoms. The second-order valence-corrected chi connectivity index (χ2v) is 8.29. The van der Waals surface area contributed by atoms with Crippen molar-refractivity contribution < 1.29 is 19.5 Å². The van der Waals surface area contributed by atoms with Crippen molar-refractivity contribution >= 4 is 17.8 Å². The Kier molecular flexibility index (Phi) is 6.02. The Labute approximate surface area is 160 Å². The molecular formula is C18H31N5O4. The number of piperazine rings is 1. The van der Waals surface area contributed by atoms with E-state index in [1.807, 2.05) is 4.90 Å². The third kappa shape index (κ3) is 4.77. The summed E-state index contributed by atoms with van der Waals surface area (Å²) in [5, 5.41) is 13.0. The van der Waals surface area contributed by atoms with Crippen molar-refractivity contribution in [3.8, 4) is 0 Å². The zero-order valence-corrected chi connectivity index (χ0v) is 16.3. The van der Waals surface area contributed by atoms with Crippen LogP contribution in [0.2, 0.25) is 0 Å². The molecule has 3 rings (SSSR count). The predicted octanol–water partition coefficient (Wildman–Crippen LogP) is -1.08. The molecular weight excluding hydrogens is 350 g/mol. The topological polar surface area (TPSA) is 96.4 Å². The van der Waals surface area contributed by atoms with Gasteiger partial charge in [-0.05, 0) is 26.7 Å². The van der Waals surface area contributed by atoms with Gasteiger partial charge in [-0.15, -0.1) is 0 Å². The standard InChI is InChI=1S/C18H31N5O4/c1-18(2)16(26)23(17(27)19-18)12-14(24)11-20-7-9-21(10-8-20)13-15(25)22-5-3-4-6-22/h14,24H,3-13H2,1-2H3,(H,19,27)/t14-/m0/s1. The summed E-state index contributed by atoms with van der Waals surface area (Å²) in [7, 11) is 0. The summed E-state index contributed by atoms with van der Waals surface area (Å²) in [6.45, 7) is 9.03. The van der Waals surface area contributed by atoms with Crippen molar-refractivity contribution in [2.45, 2.75) is 38.3 Å². The molecule has 3 saturated heterocycles. The molecule has 0 spiro atoms. The summed E-state index contributed by atoms with van der Waals surface area (Å²) in [6.07, 6.45) is 1.42. The molecule has 9 heteroatoms. The molecule has 3 heterocycles. The first-order valence-electron chi connectivity index (χ1n) is 9.81. The average molecular weight is 381 g/mol. The fraction of sp³-hybridized carbons (Fsp3) is 0.833. The minimum atomic E-state index is -0.912. The van der Waals surface area contributed by atoms with Crippen molar-refractivity contribution in [3.63, 3.8) is 0 Å². The van der Waals surface area contributed by atoms with Gasteiger partial charge in [0.15, 0.2) is 0 Å². The summed E-state index contributed by atoms with van der Waals surface area (Å²) in [5.41, 5.74) is -0.912. The number of nitrogens with zero attached hydrogens (tertiary/aromatic N) is 4. The van der Waals surface area contributed by atoms with Gasteiger partial charge in [-0.1, -0.05) is 0 Å². The molecule has 0 saturated carbocycles. The van der Waals surface area contributed by atoms with E-state index in [4.69, 9.17) is 0 Å². The van der Waals surface area contributed by atoms with Crippen molar-refractivity contribution in [2.75, 3.05) is 58.9 Å². The summed E-state index contributed by atoms with van der Waals surface area (Å²) in [5.74, 6) is -0.0982. The maximum absolute atomic E-state index is 12.2. The molecule has 0 aromatic carbocycles. The van der Waals surface area contributed by atoms with Gasteiger partial charge in [-0.25, -0.2) is 4.79 Å². The minimum absolute atomic E-state index is 0.00174. The summed E-state index contributed by atoms with van der Waals surface area (Å²) >= 11 is 0. The summed E-state index contributed by atoms with van der Waals surface area (Å²) in [4.78, 5) is 43.6. The maximum Gasteiger partial charge on any atom is 0.325 e. The second kappa shape index (κ2) is 8.12. The van der Waals surface area contributed by atoms with E-state index < -0.39 is 17.7 Å². The number of aliphatic hydroxyl groups excluding tert-OH is 1. The van der Waals surface area contributed by atoms with Crippen LogP contribution in [-0.4, -0.2) is 113 Å². The van der Waals surface area contributed by atoms with Crippen molar-refractivity contribution in [1.29, 1.82) is 0 Å². The van der Waals surface area contributed by atoms with Gasteiger partial charge >= 0.3 is 6.03 Å². The number of likely N-dealkylation sites (tertiary alicyclic amines) is 1. The number of hydrogen-bond donors (Lipinski definition) is 2. The Balaban J connectivity index is 1.39. The Morgan fingerprint density at radius 1 is 1.04 bits per heavy atom. The normalized spacial score (nSPS) is 25.1. The molecule has 0 unspecified atom stereocenters. The lowest BCUT2D eigenvalue weighted by atomic mass is 10.1. The van der Waals surface area contributed by atoms with Crippen LogP contribution in [0, 0.1) is 0 Å². The molecule has 0 aromatic heterocycles. The molecule has 9 nitrogen and oxygen atoms in total. The third-order valence-electron chi connectivity index (χ3n) is 5.59. The molecule has 2 N–H and O–H groups in total. The van der Waals surface area contributed by atoms with Crippen LogP contribution in [0.5, 0.6) is 0 Å². The van der Waals surface area contributed by atoms with E-state index in [2.05, 4.69) is 15.1 Å². The van der Waals surface area contributed by atoms with Gasteiger partial charge in [0, 0.05) is 45.8 Å². The maximum atomic E-state index is 12.2. The first kappa shape index (κ1) is 20.0. The van der Waals surface area contributed by atoms with Gasteiger partial charge in [0.05, 0.1) is 19.2 Å². The fourth-order valence-electron chi connectivity index (χ4n) is 3.94. The Morgan fingerprint density at radius 3 is 2.19 bits per heavy atom. The number of hydrogen-bond acceptors (Lipinski definition) is 6. The van der Waals surface area contributed by atoms with Crippen LogP contribution in [0.25, 0.3) is 0 Å². The van der Waals surface area contributed by atoms with E-state index in [-0.39, 0.29) is 18.4 Å². The quantitative estimate of drug-likeness (QED) is 0.568. The van der Waals surface area contributed by atoms with Gasteiger partial charge in [0.2, 0.25) is 5.91 Å². The Hall–Kier alpha value is -1.71. The number of carbonyl (C=O) groups is 3. The highest BCUT2D eigenvalue weighted by atomic mass is 16.3. The van der Waals surface area contributed by atoms with Gasteiger partial charge < -0.3 is 15.3 Å². The zero-order chi connectivity index (χ0) is 19.6. The van der Waals surface area contributed by atoms with Gasteiger partial charge in [-0.2, -0.15) is 0 Å². The van der Waals surface area contributed by atoms with Crippen LogP contribution in [0.1, 0.15) is 26.7 Å². The van der Waals surface area contributed by atoms with Crippen LogP contribution in [0.4, 0.5) is 4.79 Å². The highest BCUT2D eigenvalue weighted by molar-refractivity contribution is 6.06. The lowest BCUT2D eigenvalue weighted by Crippen LogP contribution is -2.52. The van der Waals surface area contributed by atoms with Crippen LogP contribution in [0.15, 0.2) is 0 Å². The van der Waals surface area contributed by atoms with E-state index in [9.17, 15) is 19.5 Å². The van der Waals surface area contributed by atoms with Crippen molar-refractivity contribution in [2.24, 2.45) is 0 Å². The van der Waals surface area contributed by atoms with Crippen LogP contribution < -0.4 is 5.32 Å². The third-order valence-corrected chi connectivity index (χ3v) is 5.59.